The Morgan fingerprint density at radius 1 is 1.09 bits per heavy atom. The van der Waals surface area contributed by atoms with Crippen LogP contribution in [0.4, 0.5) is 14.6 Å². The fraction of sp³-hybridized carbons (Fsp3) is 0.375. The fourth-order valence-corrected chi connectivity index (χ4v) is 4.88. The summed E-state index contributed by atoms with van der Waals surface area (Å²) >= 11 is 0. The molecule has 7 nitrogen and oxygen atoms in total. The van der Waals surface area contributed by atoms with Gasteiger partial charge in [0.1, 0.15) is 17.5 Å². The minimum atomic E-state index is -0.750. The number of alkyl halides is 1. The molecule has 170 valence electrons. The number of hydrogen-bond donors (Lipinski definition) is 2. The van der Waals surface area contributed by atoms with Crippen molar-refractivity contribution >= 4 is 27.8 Å². The van der Waals surface area contributed by atoms with E-state index in [1.807, 2.05) is 18.2 Å². The molecule has 2 fully saturated rings. The van der Waals surface area contributed by atoms with Gasteiger partial charge in [-0.25, -0.2) is 18.7 Å². The molecule has 0 unspecified atom stereocenters. The molecule has 2 aliphatic rings. The Morgan fingerprint density at radius 3 is 2.70 bits per heavy atom. The second kappa shape index (κ2) is 7.62. The second-order valence-corrected chi connectivity index (χ2v) is 9.10. The Morgan fingerprint density at radius 2 is 1.88 bits per heavy atom. The van der Waals surface area contributed by atoms with Crippen LogP contribution in [0.3, 0.4) is 0 Å². The van der Waals surface area contributed by atoms with Crippen molar-refractivity contribution in [1.29, 1.82) is 0 Å². The topological polar surface area (TPSA) is 79.1 Å². The standard InChI is InChI=1S/C24H24F2N6O/c1-31-11-13-8-17(24(33)22(26)23(13)30-31)18-2-3-20-19(28-18)4-5-21(29-20)32-7-6-15(12-32)27-16-9-14(25)10-16/h2-5,8,11,14-16,27,33H,6-7,9-10,12H2,1H3/t14-,15-,16-/m0/s1. The van der Waals surface area contributed by atoms with Crippen molar-refractivity contribution in [2.75, 3.05) is 18.0 Å². The lowest BCUT2D eigenvalue weighted by molar-refractivity contribution is 0.148. The van der Waals surface area contributed by atoms with Crippen LogP contribution in [-0.2, 0) is 7.05 Å². The predicted molar refractivity (Wildman–Crippen MR) is 123 cm³/mol. The van der Waals surface area contributed by atoms with E-state index in [1.165, 1.54) is 4.68 Å². The summed E-state index contributed by atoms with van der Waals surface area (Å²) in [5, 5.41) is 18.6. The van der Waals surface area contributed by atoms with Gasteiger partial charge < -0.3 is 15.3 Å². The minimum Gasteiger partial charge on any atom is -0.504 e. The summed E-state index contributed by atoms with van der Waals surface area (Å²) in [6.07, 6.45) is 3.29. The number of benzene rings is 1. The molecule has 0 amide bonds. The van der Waals surface area contributed by atoms with E-state index in [4.69, 9.17) is 4.98 Å². The van der Waals surface area contributed by atoms with Crippen molar-refractivity contribution in [3.05, 3.63) is 42.3 Å². The molecular weight excluding hydrogens is 426 g/mol. The van der Waals surface area contributed by atoms with Gasteiger partial charge in [0, 0.05) is 49.4 Å². The van der Waals surface area contributed by atoms with Crippen molar-refractivity contribution in [3.63, 3.8) is 0 Å². The van der Waals surface area contributed by atoms with E-state index in [-0.39, 0.29) is 5.52 Å². The first-order chi connectivity index (χ1) is 15.9. The summed E-state index contributed by atoms with van der Waals surface area (Å²) in [6.45, 7) is 1.74. The van der Waals surface area contributed by atoms with Crippen LogP contribution in [0, 0.1) is 5.82 Å². The third-order valence-corrected chi connectivity index (χ3v) is 6.70. The SMILES string of the molecule is Cn1cc2cc(-c3ccc4nc(N5CC[C@H](N[C@H]6C[C@H](F)C6)C5)ccc4n3)c(O)c(F)c2n1. The number of halogens is 2. The minimum absolute atomic E-state index is 0.131. The summed E-state index contributed by atoms with van der Waals surface area (Å²) in [4.78, 5) is 11.6. The fourth-order valence-electron chi connectivity index (χ4n) is 4.88. The monoisotopic (exact) mass is 450 g/mol. The molecular formula is C24H24F2N6O. The molecule has 6 rings (SSSR count). The van der Waals surface area contributed by atoms with Crippen molar-refractivity contribution in [2.45, 2.75) is 37.5 Å². The smallest absolute Gasteiger partial charge is 0.193 e. The average Bonchev–Trinajstić information content (AvgIpc) is 3.41. The molecule has 4 aromatic rings. The highest BCUT2D eigenvalue weighted by atomic mass is 19.1. The van der Waals surface area contributed by atoms with Gasteiger partial charge in [0.05, 0.1) is 16.7 Å². The van der Waals surface area contributed by atoms with Gasteiger partial charge in [-0.2, -0.15) is 5.10 Å². The lowest BCUT2D eigenvalue weighted by Gasteiger charge is -2.33. The highest BCUT2D eigenvalue weighted by Crippen LogP contribution is 2.36. The highest BCUT2D eigenvalue weighted by molar-refractivity contribution is 5.89. The molecule has 1 saturated heterocycles. The molecule has 9 heteroatoms. The van der Waals surface area contributed by atoms with Gasteiger partial charge in [-0.3, -0.25) is 4.68 Å². The molecule has 0 radical (unpaired) electrons. The average molecular weight is 450 g/mol. The number of hydrogen-bond acceptors (Lipinski definition) is 6. The number of anilines is 1. The number of phenols is 1. The largest absolute Gasteiger partial charge is 0.504 e. The lowest BCUT2D eigenvalue weighted by Crippen LogP contribution is -2.48. The van der Waals surface area contributed by atoms with E-state index in [2.05, 4.69) is 20.3 Å². The molecule has 0 spiro atoms. The molecule has 1 atom stereocenters. The Hall–Kier alpha value is -3.33. The number of nitrogens with one attached hydrogen (secondary N) is 1. The van der Waals surface area contributed by atoms with Gasteiger partial charge in [0.2, 0.25) is 0 Å². The van der Waals surface area contributed by atoms with Gasteiger partial charge in [-0.05, 0) is 49.6 Å². The Balaban J connectivity index is 1.26. The number of aromatic hydroxyl groups is 1. The molecule has 1 aromatic carbocycles. The maximum atomic E-state index is 14.7. The first-order valence-corrected chi connectivity index (χ1v) is 11.2. The number of nitrogens with zero attached hydrogens (tertiary/aromatic N) is 5. The van der Waals surface area contributed by atoms with E-state index in [9.17, 15) is 13.9 Å². The zero-order valence-electron chi connectivity index (χ0n) is 18.2. The normalized spacial score (nSPS) is 22.9. The van der Waals surface area contributed by atoms with Crippen molar-refractivity contribution in [3.8, 4) is 17.0 Å². The summed E-state index contributed by atoms with van der Waals surface area (Å²) in [5.74, 6) is -0.331. The quantitative estimate of drug-likeness (QED) is 0.494. The molecule has 2 N–H and O–H groups in total. The van der Waals surface area contributed by atoms with Gasteiger partial charge >= 0.3 is 0 Å². The maximum Gasteiger partial charge on any atom is 0.193 e. The van der Waals surface area contributed by atoms with Crippen LogP contribution < -0.4 is 10.2 Å². The Bertz CT molecular complexity index is 1370. The van der Waals surface area contributed by atoms with E-state index in [0.717, 1.165) is 30.8 Å². The third kappa shape index (κ3) is 3.56. The van der Waals surface area contributed by atoms with E-state index >= 15 is 0 Å². The summed E-state index contributed by atoms with van der Waals surface area (Å²) in [5.41, 5.74) is 2.32. The molecule has 4 heterocycles. The lowest BCUT2D eigenvalue weighted by atomic mass is 9.90. The molecule has 1 aliphatic heterocycles. The van der Waals surface area contributed by atoms with Crippen LogP contribution in [-0.4, -0.2) is 56.2 Å². The number of aryl methyl sites for hydroxylation is 1. The molecule has 33 heavy (non-hydrogen) atoms. The Kier molecular flexibility index (Phi) is 4.69. The second-order valence-electron chi connectivity index (χ2n) is 9.10. The molecule has 0 bridgehead atoms. The molecule has 3 aromatic heterocycles. The summed E-state index contributed by atoms with van der Waals surface area (Å²) in [6, 6.07) is 9.76. The van der Waals surface area contributed by atoms with Crippen LogP contribution in [0.5, 0.6) is 5.75 Å². The first kappa shape index (κ1) is 20.3. The van der Waals surface area contributed by atoms with E-state index in [1.54, 1.807) is 25.4 Å². The van der Waals surface area contributed by atoms with Crippen LogP contribution in [0.1, 0.15) is 19.3 Å². The molecule has 1 saturated carbocycles. The van der Waals surface area contributed by atoms with E-state index < -0.39 is 17.7 Å². The zero-order chi connectivity index (χ0) is 22.7. The van der Waals surface area contributed by atoms with Gasteiger partial charge in [0.25, 0.3) is 0 Å². The van der Waals surface area contributed by atoms with Gasteiger partial charge in [-0.1, -0.05) is 0 Å². The van der Waals surface area contributed by atoms with Crippen molar-refractivity contribution in [2.24, 2.45) is 7.05 Å². The van der Waals surface area contributed by atoms with Crippen molar-refractivity contribution in [1.82, 2.24) is 25.1 Å². The maximum absolute atomic E-state index is 14.7. The summed E-state index contributed by atoms with van der Waals surface area (Å²) < 4.78 is 29.2. The van der Waals surface area contributed by atoms with Gasteiger partial charge in [-0.15, -0.1) is 0 Å². The van der Waals surface area contributed by atoms with E-state index in [0.29, 0.717) is 47.1 Å². The number of aromatic nitrogens is 4. The van der Waals surface area contributed by atoms with Crippen LogP contribution >= 0.6 is 0 Å². The number of pyridine rings is 2. The number of rotatable bonds is 4. The zero-order valence-corrected chi connectivity index (χ0v) is 18.2. The highest BCUT2D eigenvalue weighted by Gasteiger charge is 2.33. The van der Waals surface area contributed by atoms with Crippen LogP contribution in [0.15, 0.2) is 36.5 Å². The molecule has 1 aliphatic carbocycles. The summed E-state index contributed by atoms with van der Waals surface area (Å²) in [7, 11) is 1.71. The van der Waals surface area contributed by atoms with Crippen LogP contribution in [0.2, 0.25) is 0 Å². The number of fused-ring (bicyclic) bond motifs is 2. The third-order valence-electron chi connectivity index (χ3n) is 6.70. The predicted octanol–water partition coefficient (Wildman–Crippen LogP) is 3.70. The Labute approximate surface area is 189 Å². The van der Waals surface area contributed by atoms with Crippen LogP contribution in [0.25, 0.3) is 33.2 Å². The number of phenolic OH excluding ortho intramolecular Hbond substituents is 1. The van der Waals surface area contributed by atoms with Crippen molar-refractivity contribution < 1.29 is 13.9 Å². The van der Waals surface area contributed by atoms with Gasteiger partial charge in [0.15, 0.2) is 11.6 Å². The first-order valence-electron chi connectivity index (χ1n) is 11.2.